The van der Waals surface area contributed by atoms with Crippen LogP contribution in [0, 0.1) is 33.5 Å². The van der Waals surface area contributed by atoms with Crippen LogP contribution < -0.4 is 22.1 Å². The number of fused-ring (bicyclic) bond motifs is 2. The first-order valence-corrected chi connectivity index (χ1v) is 17.6. The van der Waals surface area contributed by atoms with Gasteiger partial charge in [0.05, 0.1) is 33.2 Å². The maximum Gasteiger partial charge on any atom is 0.419 e. The maximum atomic E-state index is 13.8. The number of para-hydroxylation sites is 2. The average molecular weight is 815 g/mol. The molecule has 59 heavy (non-hydrogen) atoms. The Kier molecular flexibility index (Phi) is 10.3. The van der Waals surface area contributed by atoms with Crippen LogP contribution in [0.25, 0.3) is 34.0 Å². The lowest BCUT2D eigenvalue weighted by atomic mass is 10.1. The summed E-state index contributed by atoms with van der Waals surface area (Å²) in [5.74, 6) is 1.40. The Bertz CT molecular complexity index is 2850. The lowest BCUT2D eigenvalue weighted by molar-refractivity contribution is -0.140. The Hall–Kier alpha value is -7.31. The van der Waals surface area contributed by atoms with Gasteiger partial charge in [-0.25, -0.2) is 14.4 Å². The van der Waals surface area contributed by atoms with Gasteiger partial charge in [-0.05, 0) is 106 Å². The second-order valence-electron chi connectivity index (χ2n) is 13.4. The molecular weight excluding hydrogens is 782 g/mol. The zero-order valence-electron chi connectivity index (χ0n) is 31.5. The number of aryl methyl sites for hydroxylation is 4. The molecule has 0 aliphatic rings. The molecule has 0 aliphatic heterocycles. The number of nitrogens with zero attached hydrogens (tertiary/aromatic N) is 8. The standard InChI is InChI=1S/C21H19F3N6.C19H14F4N6/c1-11-8-16-17(9-12(11)2)30(13(3)26-16)20-28-18(25)10-19(29-20)27-15-6-4-14(5-7-15)21(22,23)24;1-10-25-14-4-2-3-5-15(14)29(10)18-27-16(24)9-17(28-18)26-11-6-7-12(13(20)8-11)19(21,22)23/h4-10H,1-3H3,(H3,25,27,28,29);2-9H,1H3,(H3,24,26,27,28). The number of alkyl halides is 6. The van der Waals surface area contributed by atoms with Crippen molar-refractivity contribution in [1.82, 2.24) is 39.0 Å². The monoisotopic (exact) mass is 814 g/mol. The van der Waals surface area contributed by atoms with Gasteiger partial charge in [0.25, 0.3) is 0 Å². The van der Waals surface area contributed by atoms with Crippen LogP contribution in [0.5, 0.6) is 0 Å². The van der Waals surface area contributed by atoms with Crippen LogP contribution in [-0.4, -0.2) is 39.0 Å². The van der Waals surface area contributed by atoms with E-state index in [2.05, 4.69) is 40.5 Å². The predicted molar refractivity (Wildman–Crippen MR) is 211 cm³/mol. The number of hydrogen-bond donors (Lipinski definition) is 4. The molecule has 0 fully saturated rings. The summed E-state index contributed by atoms with van der Waals surface area (Å²) in [5, 5.41) is 5.74. The van der Waals surface area contributed by atoms with E-state index in [4.69, 9.17) is 11.5 Å². The van der Waals surface area contributed by atoms with Gasteiger partial charge in [-0.1, -0.05) is 12.1 Å². The third-order valence-corrected chi connectivity index (χ3v) is 9.07. The Balaban J connectivity index is 0.000000179. The van der Waals surface area contributed by atoms with Gasteiger partial charge >= 0.3 is 12.4 Å². The van der Waals surface area contributed by atoms with Crippen LogP contribution in [0.4, 0.5) is 65.4 Å². The summed E-state index contributed by atoms with van der Waals surface area (Å²) in [6.07, 6.45) is -9.16. The molecule has 19 heteroatoms. The Labute approximate surface area is 330 Å². The fourth-order valence-electron chi connectivity index (χ4n) is 6.20. The molecule has 0 amide bonds. The van der Waals surface area contributed by atoms with Crippen molar-refractivity contribution >= 4 is 56.7 Å². The lowest BCUT2D eigenvalue weighted by Gasteiger charge is -2.12. The minimum Gasteiger partial charge on any atom is -0.383 e. The number of nitrogen functional groups attached to an aromatic ring is 2. The molecular formula is C40H33F7N12. The van der Waals surface area contributed by atoms with Crippen molar-refractivity contribution in [3.05, 3.63) is 131 Å². The zero-order valence-corrected chi connectivity index (χ0v) is 31.5. The van der Waals surface area contributed by atoms with Gasteiger partial charge in [-0.3, -0.25) is 9.13 Å². The van der Waals surface area contributed by atoms with E-state index in [0.717, 1.165) is 57.5 Å². The fourth-order valence-corrected chi connectivity index (χ4v) is 6.20. The molecule has 8 rings (SSSR count). The topological polar surface area (TPSA) is 163 Å². The molecule has 0 saturated carbocycles. The molecule has 8 aromatic rings. The highest BCUT2D eigenvalue weighted by Crippen LogP contribution is 2.34. The van der Waals surface area contributed by atoms with Gasteiger partial charge in [-0.15, -0.1) is 0 Å². The molecule has 302 valence electrons. The summed E-state index contributed by atoms with van der Waals surface area (Å²) in [5.41, 5.74) is 15.7. The second kappa shape index (κ2) is 15.2. The number of nitrogens with one attached hydrogen (secondary N) is 2. The molecule has 0 saturated heterocycles. The predicted octanol–water partition coefficient (Wildman–Crippen LogP) is 9.69. The number of anilines is 6. The van der Waals surface area contributed by atoms with E-state index in [-0.39, 0.29) is 29.1 Å². The van der Waals surface area contributed by atoms with Crippen LogP contribution in [0.1, 0.15) is 33.9 Å². The van der Waals surface area contributed by atoms with E-state index in [1.807, 2.05) is 57.2 Å². The number of halogens is 7. The maximum absolute atomic E-state index is 13.8. The van der Waals surface area contributed by atoms with Crippen LogP contribution in [0.2, 0.25) is 0 Å². The van der Waals surface area contributed by atoms with Gasteiger partial charge < -0.3 is 22.1 Å². The van der Waals surface area contributed by atoms with Crippen molar-refractivity contribution in [3.8, 4) is 11.9 Å². The number of hydrogen-bond acceptors (Lipinski definition) is 10. The first-order valence-electron chi connectivity index (χ1n) is 17.6. The van der Waals surface area contributed by atoms with E-state index in [9.17, 15) is 30.7 Å². The van der Waals surface area contributed by atoms with Crippen molar-refractivity contribution in [2.75, 3.05) is 22.1 Å². The Morgan fingerprint density at radius 3 is 1.63 bits per heavy atom. The SMILES string of the molecule is Cc1cc2nc(C)n(-c3nc(N)cc(Nc4ccc(C(F)(F)F)cc4)n3)c2cc1C.Cc1nc2ccccc2n1-c1nc(N)cc(Nc2ccc(C(F)(F)F)c(F)c2)n1. The summed E-state index contributed by atoms with van der Waals surface area (Å²) in [4.78, 5) is 26.4. The van der Waals surface area contributed by atoms with Crippen LogP contribution >= 0.6 is 0 Å². The van der Waals surface area contributed by atoms with Crippen molar-refractivity contribution in [1.29, 1.82) is 0 Å². The van der Waals surface area contributed by atoms with Gasteiger partial charge in [-0.2, -0.15) is 46.3 Å². The zero-order chi connectivity index (χ0) is 42.4. The molecule has 4 heterocycles. The van der Waals surface area contributed by atoms with Crippen molar-refractivity contribution in [2.45, 2.75) is 40.0 Å². The Morgan fingerprint density at radius 1 is 0.525 bits per heavy atom. The van der Waals surface area contributed by atoms with E-state index < -0.39 is 29.3 Å². The summed E-state index contributed by atoms with van der Waals surface area (Å²) >= 11 is 0. The number of aromatic nitrogens is 8. The molecule has 4 aromatic heterocycles. The van der Waals surface area contributed by atoms with E-state index in [0.29, 0.717) is 35.2 Å². The van der Waals surface area contributed by atoms with Gasteiger partial charge in [0.15, 0.2) is 0 Å². The van der Waals surface area contributed by atoms with Gasteiger partial charge in [0.2, 0.25) is 11.9 Å². The first kappa shape index (κ1) is 39.9. The van der Waals surface area contributed by atoms with Gasteiger partial charge in [0.1, 0.15) is 40.7 Å². The second-order valence-corrected chi connectivity index (χ2v) is 13.4. The van der Waals surface area contributed by atoms with Crippen LogP contribution in [0.15, 0.2) is 91.0 Å². The molecule has 0 bridgehead atoms. The minimum atomic E-state index is -4.77. The van der Waals surface area contributed by atoms with Crippen LogP contribution in [-0.2, 0) is 12.4 Å². The van der Waals surface area contributed by atoms with E-state index >= 15 is 0 Å². The third-order valence-electron chi connectivity index (χ3n) is 9.07. The quantitative estimate of drug-likeness (QED) is 0.119. The molecule has 0 unspecified atom stereocenters. The van der Waals surface area contributed by atoms with Crippen molar-refractivity contribution < 1.29 is 30.7 Å². The highest BCUT2D eigenvalue weighted by Gasteiger charge is 2.34. The summed E-state index contributed by atoms with van der Waals surface area (Å²) in [7, 11) is 0. The average Bonchev–Trinajstić information content (AvgIpc) is 3.65. The molecule has 12 nitrogen and oxygen atoms in total. The molecule has 4 aromatic carbocycles. The molecule has 0 spiro atoms. The number of imidazole rings is 2. The summed E-state index contributed by atoms with van der Waals surface area (Å²) in [6, 6.07) is 21.5. The third kappa shape index (κ3) is 8.53. The highest BCUT2D eigenvalue weighted by atomic mass is 19.4. The highest BCUT2D eigenvalue weighted by molar-refractivity contribution is 5.80. The largest absolute Gasteiger partial charge is 0.419 e. The fraction of sp³-hybridized carbons (Fsp3) is 0.150. The Morgan fingerprint density at radius 2 is 1.05 bits per heavy atom. The lowest BCUT2D eigenvalue weighted by Crippen LogP contribution is -2.09. The van der Waals surface area contributed by atoms with Crippen molar-refractivity contribution in [2.24, 2.45) is 0 Å². The normalized spacial score (nSPS) is 11.8. The number of rotatable bonds is 6. The smallest absolute Gasteiger partial charge is 0.383 e. The summed E-state index contributed by atoms with van der Waals surface area (Å²) in [6.45, 7) is 7.66. The van der Waals surface area contributed by atoms with Crippen molar-refractivity contribution in [3.63, 3.8) is 0 Å². The van der Waals surface area contributed by atoms with E-state index in [1.165, 1.54) is 24.3 Å². The molecule has 0 aliphatic carbocycles. The molecule has 6 N–H and O–H groups in total. The van der Waals surface area contributed by atoms with Crippen LogP contribution in [0.3, 0.4) is 0 Å². The summed E-state index contributed by atoms with van der Waals surface area (Å²) < 4.78 is 93.8. The molecule has 0 atom stereocenters. The minimum absolute atomic E-state index is 0.0896. The number of nitrogens with two attached hydrogens (primary N) is 2. The number of benzene rings is 4. The first-order chi connectivity index (χ1) is 27.8. The van der Waals surface area contributed by atoms with E-state index in [1.54, 1.807) is 16.1 Å². The van der Waals surface area contributed by atoms with Gasteiger partial charge in [0, 0.05) is 23.5 Å². The molecule has 0 radical (unpaired) electrons.